The Labute approximate surface area is 96.0 Å². The predicted molar refractivity (Wildman–Crippen MR) is 61.6 cm³/mol. The summed E-state index contributed by atoms with van der Waals surface area (Å²) in [5.74, 6) is -1.49. The van der Waals surface area contributed by atoms with Gasteiger partial charge in [0, 0.05) is 39.0 Å². The topological polar surface area (TPSA) is 98.7 Å². The number of hydrogen-bond acceptors (Lipinski definition) is 4. The van der Waals surface area contributed by atoms with Crippen molar-refractivity contribution in [3.8, 4) is 0 Å². The van der Waals surface area contributed by atoms with E-state index in [9.17, 15) is 9.59 Å². The first kappa shape index (κ1) is 17.3. The maximum absolute atomic E-state index is 9.37. The van der Waals surface area contributed by atoms with Gasteiger partial charge in [0.25, 0.3) is 0 Å². The summed E-state index contributed by atoms with van der Waals surface area (Å²) in [5.41, 5.74) is 0. The largest absolute Gasteiger partial charge is 0.481 e. The van der Waals surface area contributed by atoms with Crippen molar-refractivity contribution in [2.45, 2.75) is 26.7 Å². The Hall–Kier alpha value is -1.14. The molecule has 4 N–H and O–H groups in total. The van der Waals surface area contributed by atoms with Gasteiger partial charge in [-0.1, -0.05) is 13.8 Å². The lowest BCUT2D eigenvalue weighted by atomic mass is 10.4. The van der Waals surface area contributed by atoms with E-state index in [1.807, 2.05) is 0 Å². The lowest BCUT2D eigenvalue weighted by Crippen LogP contribution is -2.39. The third-order valence-corrected chi connectivity index (χ3v) is 1.56. The molecule has 6 heteroatoms. The molecule has 1 heterocycles. The molecule has 0 aromatic carbocycles. The van der Waals surface area contributed by atoms with Crippen molar-refractivity contribution in [1.82, 2.24) is 10.6 Å². The van der Waals surface area contributed by atoms with Crippen LogP contribution in [0.25, 0.3) is 0 Å². The Kier molecular flexibility index (Phi) is 15.0. The lowest BCUT2D eigenvalue weighted by Gasteiger charge is -2.11. The van der Waals surface area contributed by atoms with E-state index in [0.717, 1.165) is 26.2 Å². The number of hydrogen-bond donors (Lipinski definition) is 4. The summed E-state index contributed by atoms with van der Waals surface area (Å²) < 4.78 is 0. The maximum Gasteiger partial charge on any atom is 0.303 e. The van der Waals surface area contributed by atoms with Crippen LogP contribution in [-0.2, 0) is 9.59 Å². The van der Waals surface area contributed by atoms with Gasteiger partial charge in [-0.3, -0.25) is 9.59 Å². The molecular weight excluding hydrogens is 212 g/mol. The average Bonchev–Trinajstić information content (AvgIpc) is 2.32. The Balaban J connectivity index is 0. The highest BCUT2D eigenvalue weighted by atomic mass is 16.4. The SMILES string of the molecule is C1CNCCN1.CCC(=O)O.CCC(=O)O. The zero-order valence-corrected chi connectivity index (χ0v) is 9.95. The molecule has 1 aliphatic rings. The first-order chi connectivity index (χ1) is 7.54. The van der Waals surface area contributed by atoms with Gasteiger partial charge in [-0.25, -0.2) is 0 Å². The molecule has 6 nitrogen and oxygen atoms in total. The normalized spacial score (nSPS) is 13.6. The molecule has 0 aromatic rings. The van der Waals surface area contributed by atoms with Crippen LogP contribution in [0.15, 0.2) is 0 Å². The second-order valence-electron chi connectivity index (χ2n) is 2.99. The van der Waals surface area contributed by atoms with Gasteiger partial charge >= 0.3 is 11.9 Å². The van der Waals surface area contributed by atoms with Crippen molar-refractivity contribution < 1.29 is 19.8 Å². The van der Waals surface area contributed by atoms with Gasteiger partial charge in [-0.2, -0.15) is 0 Å². The minimum atomic E-state index is -0.745. The van der Waals surface area contributed by atoms with Gasteiger partial charge in [0.1, 0.15) is 0 Å². The molecule has 0 bridgehead atoms. The highest BCUT2D eigenvalue weighted by molar-refractivity contribution is 5.66. The van der Waals surface area contributed by atoms with E-state index >= 15 is 0 Å². The lowest BCUT2D eigenvalue weighted by molar-refractivity contribution is -0.137. The molecule has 1 saturated heterocycles. The van der Waals surface area contributed by atoms with Crippen LogP contribution < -0.4 is 10.6 Å². The molecule has 0 spiro atoms. The van der Waals surface area contributed by atoms with Crippen LogP contribution in [0.5, 0.6) is 0 Å². The number of carbonyl (C=O) groups is 2. The fourth-order valence-electron chi connectivity index (χ4n) is 0.604. The maximum atomic E-state index is 9.37. The molecular formula is C10H22N2O4. The molecule has 1 fully saturated rings. The van der Waals surface area contributed by atoms with Crippen molar-refractivity contribution in [1.29, 1.82) is 0 Å². The van der Waals surface area contributed by atoms with Crippen molar-refractivity contribution in [3.05, 3.63) is 0 Å². The van der Waals surface area contributed by atoms with E-state index in [1.54, 1.807) is 13.8 Å². The van der Waals surface area contributed by atoms with Crippen LogP contribution in [0.1, 0.15) is 26.7 Å². The van der Waals surface area contributed by atoms with Crippen LogP contribution in [0.3, 0.4) is 0 Å². The Morgan fingerprint density at radius 1 is 0.875 bits per heavy atom. The zero-order chi connectivity index (χ0) is 12.8. The van der Waals surface area contributed by atoms with Gasteiger partial charge in [-0.05, 0) is 0 Å². The van der Waals surface area contributed by atoms with E-state index in [4.69, 9.17) is 10.2 Å². The number of carboxylic acid groups (broad SMARTS) is 2. The number of rotatable bonds is 2. The second-order valence-corrected chi connectivity index (χ2v) is 2.99. The molecule has 0 atom stereocenters. The van der Waals surface area contributed by atoms with E-state index in [1.165, 1.54) is 0 Å². The molecule has 16 heavy (non-hydrogen) atoms. The standard InChI is InChI=1S/C4H10N2.2C3H6O2/c1-2-6-4-3-5-1;2*1-2-3(4)5/h5-6H,1-4H2;2*2H2,1H3,(H,4,5). The van der Waals surface area contributed by atoms with Crippen molar-refractivity contribution >= 4 is 11.9 Å². The van der Waals surface area contributed by atoms with E-state index in [-0.39, 0.29) is 12.8 Å². The monoisotopic (exact) mass is 234 g/mol. The fraction of sp³-hybridized carbons (Fsp3) is 0.800. The van der Waals surface area contributed by atoms with Crippen LogP contribution in [0, 0.1) is 0 Å². The molecule has 0 aliphatic carbocycles. The Morgan fingerprint density at radius 2 is 1.06 bits per heavy atom. The summed E-state index contributed by atoms with van der Waals surface area (Å²) in [5, 5.41) is 21.9. The molecule has 1 aliphatic heterocycles. The van der Waals surface area contributed by atoms with Crippen LogP contribution in [-0.4, -0.2) is 48.3 Å². The highest BCUT2D eigenvalue weighted by Crippen LogP contribution is 1.67. The van der Waals surface area contributed by atoms with Gasteiger partial charge < -0.3 is 20.8 Å². The first-order valence-corrected chi connectivity index (χ1v) is 5.39. The summed E-state index contributed by atoms with van der Waals surface area (Å²) in [6.45, 7) is 7.75. The number of nitrogens with one attached hydrogen (secondary N) is 2. The highest BCUT2D eigenvalue weighted by Gasteiger charge is 1.91. The minimum Gasteiger partial charge on any atom is -0.481 e. The van der Waals surface area contributed by atoms with Crippen LogP contribution >= 0.6 is 0 Å². The van der Waals surface area contributed by atoms with Crippen LogP contribution in [0.4, 0.5) is 0 Å². The summed E-state index contributed by atoms with van der Waals surface area (Å²) >= 11 is 0. The van der Waals surface area contributed by atoms with Gasteiger partial charge in [0.05, 0.1) is 0 Å². The zero-order valence-electron chi connectivity index (χ0n) is 9.95. The third kappa shape index (κ3) is 23.0. The van der Waals surface area contributed by atoms with Gasteiger partial charge in [-0.15, -0.1) is 0 Å². The van der Waals surface area contributed by atoms with Crippen LogP contribution in [0.2, 0.25) is 0 Å². The van der Waals surface area contributed by atoms with Crippen molar-refractivity contribution in [3.63, 3.8) is 0 Å². The van der Waals surface area contributed by atoms with E-state index < -0.39 is 11.9 Å². The fourth-order valence-corrected chi connectivity index (χ4v) is 0.604. The number of piperazine rings is 1. The summed E-state index contributed by atoms with van der Waals surface area (Å²) in [7, 11) is 0. The average molecular weight is 234 g/mol. The molecule has 96 valence electrons. The third-order valence-electron chi connectivity index (χ3n) is 1.56. The summed E-state index contributed by atoms with van der Waals surface area (Å²) in [6, 6.07) is 0. The number of carboxylic acids is 2. The molecule has 0 amide bonds. The Bertz CT molecular complexity index is 156. The van der Waals surface area contributed by atoms with E-state index in [2.05, 4.69) is 10.6 Å². The van der Waals surface area contributed by atoms with E-state index in [0.29, 0.717) is 0 Å². The summed E-state index contributed by atoms with van der Waals surface area (Å²) in [6.07, 6.45) is 0.444. The van der Waals surface area contributed by atoms with Crippen molar-refractivity contribution in [2.75, 3.05) is 26.2 Å². The van der Waals surface area contributed by atoms with Gasteiger partial charge in [0.2, 0.25) is 0 Å². The first-order valence-electron chi connectivity index (χ1n) is 5.39. The molecule has 0 radical (unpaired) electrons. The molecule has 0 unspecified atom stereocenters. The van der Waals surface area contributed by atoms with Gasteiger partial charge in [0.15, 0.2) is 0 Å². The number of aliphatic carboxylic acids is 2. The Morgan fingerprint density at radius 3 is 1.12 bits per heavy atom. The molecule has 1 rings (SSSR count). The quantitative estimate of drug-likeness (QED) is 0.542. The second kappa shape index (κ2) is 13.9. The minimum absolute atomic E-state index is 0.222. The molecule has 0 saturated carbocycles. The van der Waals surface area contributed by atoms with Crippen molar-refractivity contribution in [2.24, 2.45) is 0 Å². The predicted octanol–water partition coefficient (Wildman–Crippen LogP) is 0.141. The molecule has 0 aromatic heterocycles. The smallest absolute Gasteiger partial charge is 0.303 e. The summed E-state index contributed by atoms with van der Waals surface area (Å²) in [4.78, 5) is 18.7.